The molecule has 0 amide bonds. The number of rotatable bonds is 4. The Morgan fingerprint density at radius 1 is 1.00 bits per heavy atom. The highest BCUT2D eigenvalue weighted by Crippen LogP contribution is 2.40. The van der Waals surface area contributed by atoms with Crippen molar-refractivity contribution in [2.75, 3.05) is 37.6 Å². The van der Waals surface area contributed by atoms with Gasteiger partial charge in [-0.15, -0.1) is 0 Å². The van der Waals surface area contributed by atoms with Crippen LogP contribution in [0.2, 0.25) is 0 Å². The Hall–Kier alpha value is -2.07. The largest absolute Gasteiger partial charge is 0.369 e. The number of unbranched alkanes of at least 4 members (excludes halogenated alkanes) is 1. The van der Waals surface area contributed by atoms with E-state index in [-0.39, 0.29) is 5.56 Å². The molecule has 148 valence electrons. The fourth-order valence-corrected chi connectivity index (χ4v) is 5.30. The van der Waals surface area contributed by atoms with E-state index in [9.17, 15) is 4.79 Å². The maximum absolute atomic E-state index is 12.6. The van der Waals surface area contributed by atoms with E-state index < -0.39 is 0 Å². The molecule has 2 aliphatic carbocycles. The number of H-pyrrole nitrogens is 1. The molecular formula is C24H31N3O. The lowest BCUT2D eigenvalue weighted by atomic mass is 9.88. The van der Waals surface area contributed by atoms with Crippen LogP contribution >= 0.6 is 0 Å². The van der Waals surface area contributed by atoms with Crippen molar-refractivity contribution in [2.24, 2.45) is 0 Å². The van der Waals surface area contributed by atoms with Gasteiger partial charge in [-0.3, -0.25) is 9.69 Å². The summed E-state index contributed by atoms with van der Waals surface area (Å²) in [6.45, 7) is 8.06. The lowest BCUT2D eigenvalue weighted by Gasteiger charge is -2.36. The van der Waals surface area contributed by atoms with Crippen LogP contribution in [0, 0.1) is 0 Å². The van der Waals surface area contributed by atoms with E-state index in [0.29, 0.717) is 0 Å². The third-order valence-electron chi connectivity index (χ3n) is 6.94. The number of fused-ring (bicyclic) bond motifs is 5. The van der Waals surface area contributed by atoms with E-state index in [0.717, 1.165) is 63.1 Å². The standard InChI is InChI=1S/C24H31N3O/c1-2-3-10-26-11-13-27(14-12-26)18-8-9-19-17(15-18)16-22-20-6-4-5-7-21(20)24(28)25-23(19)22/h8-9,15H,2-7,10-14,16H2,1H3,(H,25,28). The molecule has 0 radical (unpaired) electrons. The van der Waals surface area contributed by atoms with Gasteiger partial charge in [-0.25, -0.2) is 0 Å². The van der Waals surface area contributed by atoms with Crippen molar-refractivity contribution in [2.45, 2.75) is 51.9 Å². The fraction of sp³-hybridized carbons (Fsp3) is 0.542. The zero-order chi connectivity index (χ0) is 19.1. The molecule has 1 fully saturated rings. The Kier molecular flexibility index (Phi) is 4.75. The molecule has 1 aromatic heterocycles. The molecule has 3 aliphatic rings. The molecule has 28 heavy (non-hydrogen) atoms. The van der Waals surface area contributed by atoms with Gasteiger partial charge in [0.1, 0.15) is 0 Å². The molecular weight excluding hydrogens is 346 g/mol. The van der Waals surface area contributed by atoms with Crippen molar-refractivity contribution in [3.8, 4) is 11.3 Å². The summed E-state index contributed by atoms with van der Waals surface area (Å²) in [6.07, 6.45) is 7.94. The second kappa shape index (κ2) is 7.40. The SMILES string of the molecule is CCCCN1CCN(c2ccc3c(c2)Cc2c-3[nH]c(=O)c3c2CCCC3)CC1. The number of aromatic nitrogens is 1. The predicted molar refractivity (Wildman–Crippen MR) is 116 cm³/mol. The smallest absolute Gasteiger partial charge is 0.251 e. The van der Waals surface area contributed by atoms with Gasteiger partial charge in [0.05, 0.1) is 5.69 Å². The van der Waals surface area contributed by atoms with Crippen molar-refractivity contribution in [1.29, 1.82) is 0 Å². The normalized spacial score (nSPS) is 18.7. The summed E-state index contributed by atoms with van der Waals surface area (Å²) < 4.78 is 0. The molecule has 0 spiro atoms. The Labute approximate surface area is 167 Å². The van der Waals surface area contributed by atoms with Crippen LogP contribution in [-0.2, 0) is 19.3 Å². The average Bonchev–Trinajstić information content (AvgIpc) is 3.11. The first-order valence-corrected chi connectivity index (χ1v) is 11.1. The second-order valence-corrected chi connectivity index (χ2v) is 8.67. The molecule has 0 atom stereocenters. The monoisotopic (exact) mass is 377 g/mol. The molecule has 0 bridgehead atoms. The number of anilines is 1. The molecule has 2 aromatic rings. The topological polar surface area (TPSA) is 39.3 Å². The molecule has 5 rings (SSSR count). The van der Waals surface area contributed by atoms with Gasteiger partial charge >= 0.3 is 0 Å². The summed E-state index contributed by atoms with van der Waals surface area (Å²) in [5.74, 6) is 0. The van der Waals surface area contributed by atoms with Crippen LogP contribution in [0.1, 0.15) is 54.9 Å². The summed E-state index contributed by atoms with van der Waals surface area (Å²) in [4.78, 5) is 20.9. The van der Waals surface area contributed by atoms with Crippen molar-refractivity contribution in [3.05, 3.63) is 50.8 Å². The van der Waals surface area contributed by atoms with E-state index in [1.54, 1.807) is 0 Å². The zero-order valence-corrected chi connectivity index (χ0v) is 17.0. The summed E-state index contributed by atoms with van der Waals surface area (Å²) in [5, 5.41) is 0. The van der Waals surface area contributed by atoms with Gasteiger partial charge in [0.25, 0.3) is 5.56 Å². The number of benzene rings is 1. The minimum atomic E-state index is 0.147. The van der Waals surface area contributed by atoms with Crippen molar-refractivity contribution < 1.29 is 0 Å². The van der Waals surface area contributed by atoms with Gasteiger partial charge in [-0.05, 0) is 67.5 Å². The molecule has 2 heterocycles. The Morgan fingerprint density at radius 3 is 2.57 bits per heavy atom. The summed E-state index contributed by atoms with van der Waals surface area (Å²) >= 11 is 0. The van der Waals surface area contributed by atoms with E-state index in [4.69, 9.17) is 0 Å². The first-order valence-electron chi connectivity index (χ1n) is 11.1. The second-order valence-electron chi connectivity index (χ2n) is 8.67. The van der Waals surface area contributed by atoms with Crippen molar-refractivity contribution >= 4 is 5.69 Å². The van der Waals surface area contributed by atoms with Crippen LogP contribution in [0.5, 0.6) is 0 Å². The van der Waals surface area contributed by atoms with Crippen LogP contribution < -0.4 is 10.5 Å². The highest BCUT2D eigenvalue weighted by Gasteiger charge is 2.27. The van der Waals surface area contributed by atoms with Crippen LogP contribution in [0.3, 0.4) is 0 Å². The minimum Gasteiger partial charge on any atom is -0.369 e. The third-order valence-corrected chi connectivity index (χ3v) is 6.94. The van der Waals surface area contributed by atoms with Gasteiger partial charge < -0.3 is 9.88 Å². The minimum absolute atomic E-state index is 0.147. The van der Waals surface area contributed by atoms with E-state index in [1.807, 2.05) is 0 Å². The Balaban J connectivity index is 1.38. The number of hydrogen-bond donors (Lipinski definition) is 1. The third kappa shape index (κ3) is 3.08. The molecule has 0 saturated carbocycles. The maximum Gasteiger partial charge on any atom is 0.251 e. The van der Waals surface area contributed by atoms with Crippen LogP contribution in [0.25, 0.3) is 11.3 Å². The van der Waals surface area contributed by atoms with E-state index >= 15 is 0 Å². The van der Waals surface area contributed by atoms with Crippen molar-refractivity contribution in [3.63, 3.8) is 0 Å². The number of aromatic amines is 1. The summed E-state index contributed by atoms with van der Waals surface area (Å²) in [7, 11) is 0. The molecule has 0 unspecified atom stereocenters. The highest BCUT2D eigenvalue weighted by molar-refractivity contribution is 5.77. The number of hydrogen-bond acceptors (Lipinski definition) is 3. The Morgan fingerprint density at radius 2 is 1.79 bits per heavy atom. The zero-order valence-electron chi connectivity index (χ0n) is 17.0. The lowest BCUT2D eigenvalue weighted by Crippen LogP contribution is -2.46. The van der Waals surface area contributed by atoms with Gasteiger partial charge in [-0.1, -0.05) is 19.4 Å². The fourth-order valence-electron chi connectivity index (χ4n) is 5.30. The molecule has 4 nitrogen and oxygen atoms in total. The molecule has 1 aromatic carbocycles. The highest BCUT2D eigenvalue weighted by atomic mass is 16.1. The quantitative estimate of drug-likeness (QED) is 0.753. The Bertz CT molecular complexity index is 938. The molecule has 1 saturated heterocycles. The van der Waals surface area contributed by atoms with Gasteiger partial charge in [0.15, 0.2) is 0 Å². The number of pyridine rings is 1. The predicted octanol–water partition coefficient (Wildman–Crippen LogP) is 3.75. The lowest BCUT2D eigenvalue weighted by molar-refractivity contribution is 0.254. The van der Waals surface area contributed by atoms with Crippen LogP contribution in [-0.4, -0.2) is 42.6 Å². The molecule has 1 N–H and O–H groups in total. The van der Waals surface area contributed by atoms with Crippen LogP contribution in [0.15, 0.2) is 23.0 Å². The number of piperazine rings is 1. The summed E-state index contributed by atoms with van der Waals surface area (Å²) in [5.41, 5.74) is 9.02. The molecule has 1 aliphatic heterocycles. The van der Waals surface area contributed by atoms with E-state index in [2.05, 4.69) is 39.9 Å². The van der Waals surface area contributed by atoms with Crippen LogP contribution in [0.4, 0.5) is 5.69 Å². The van der Waals surface area contributed by atoms with E-state index in [1.165, 1.54) is 53.7 Å². The van der Waals surface area contributed by atoms with Gasteiger partial charge in [-0.2, -0.15) is 0 Å². The maximum atomic E-state index is 12.6. The first-order chi connectivity index (χ1) is 13.7. The molecule has 4 heteroatoms. The van der Waals surface area contributed by atoms with Gasteiger partial charge in [0.2, 0.25) is 0 Å². The average molecular weight is 378 g/mol. The van der Waals surface area contributed by atoms with Gasteiger partial charge in [0, 0.05) is 49.4 Å². The summed E-state index contributed by atoms with van der Waals surface area (Å²) in [6, 6.07) is 6.88. The number of nitrogens with zero attached hydrogens (tertiary/aromatic N) is 2. The van der Waals surface area contributed by atoms with Crippen molar-refractivity contribution in [1.82, 2.24) is 9.88 Å². The first kappa shape index (κ1) is 18.0. The number of nitrogens with one attached hydrogen (secondary N) is 1.